The van der Waals surface area contributed by atoms with Crippen LogP contribution in [0.3, 0.4) is 0 Å². The fourth-order valence-corrected chi connectivity index (χ4v) is 1.39. The molecule has 104 valence electrons. The molecule has 19 heavy (non-hydrogen) atoms. The maximum Gasteiger partial charge on any atom is 0.251 e. The Morgan fingerprint density at radius 1 is 1.11 bits per heavy atom. The second-order valence-electron chi connectivity index (χ2n) is 5.10. The molecule has 0 aliphatic heterocycles. The van der Waals surface area contributed by atoms with E-state index in [0.29, 0.717) is 18.7 Å². The second kappa shape index (κ2) is 6.33. The van der Waals surface area contributed by atoms with Gasteiger partial charge in [0.25, 0.3) is 5.91 Å². The predicted molar refractivity (Wildman–Crippen MR) is 74.8 cm³/mol. The lowest BCUT2D eigenvalue weighted by Gasteiger charge is -2.17. The monoisotopic (exact) mass is 263 g/mol. The summed E-state index contributed by atoms with van der Waals surface area (Å²) in [6, 6.07) is 7.31. The van der Waals surface area contributed by atoms with Crippen LogP contribution in [-0.2, 0) is 4.79 Å². The van der Waals surface area contributed by atoms with E-state index >= 15 is 0 Å². The first-order valence-corrected chi connectivity index (χ1v) is 6.23. The third kappa shape index (κ3) is 5.09. The molecule has 0 saturated heterocycles. The molecule has 4 N–H and O–H groups in total. The zero-order valence-corrected chi connectivity index (χ0v) is 11.6. The topological polar surface area (TPSA) is 84.2 Å². The molecule has 0 aliphatic carbocycles. The highest BCUT2D eigenvalue weighted by Crippen LogP contribution is 2.02. The Hall–Kier alpha value is -1.88. The zero-order chi connectivity index (χ0) is 14.5. The highest BCUT2D eigenvalue weighted by molar-refractivity contribution is 5.94. The van der Waals surface area contributed by atoms with Gasteiger partial charge in [-0.15, -0.1) is 0 Å². The molecule has 0 aromatic heterocycles. The van der Waals surface area contributed by atoms with Crippen molar-refractivity contribution in [2.75, 3.05) is 13.1 Å². The molecule has 1 rings (SSSR count). The molecule has 0 fully saturated rings. The van der Waals surface area contributed by atoms with E-state index < -0.39 is 5.54 Å². The van der Waals surface area contributed by atoms with Gasteiger partial charge in [-0.05, 0) is 32.9 Å². The smallest absolute Gasteiger partial charge is 0.251 e. The number of amides is 2. The Morgan fingerprint density at radius 2 is 1.63 bits per heavy atom. The number of carbonyl (C=O) groups is 2. The number of hydrogen-bond acceptors (Lipinski definition) is 3. The second-order valence-corrected chi connectivity index (χ2v) is 5.10. The van der Waals surface area contributed by atoms with Crippen molar-refractivity contribution in [2.45, 2.75) is 26.3 Å². The van der Waals surface area contributed by atoms with Gasteiger partial charge in [0.1, 0.15) is 0 Å². The highest BCUT2D eigenvalue weighted by Gasteiger charge is 2.20. The summed E-state index contributed by atoms with van der Waals surface area (Å²) in [5, 5.41) is 5.39. The van der Waals surface area contributed by atoms with Crippen molar-refractivity contribution in [2.24, 2.45) is 5.73 Å². The summed E-state index contributed by atoms with van der Waals surface area (Å²) in [6.45, 7) is 5.96. The molecular weight excluding hydrogens is 242 g/mol. The normalized spacial score (nSPS) is 10.9. The molecule has 1 aromatic rings. The van der Waals surface area contributed by atoms with Gasteiger partial charge in [0.05, 0.1) is 5.54 Å². The van der Waals surface area contributed by atoms with E-state index in [-0.39, 0.29) is 11.8 Å². The molecule has 0 aliphatic rings. The largest absolute Gasteiger partial charge is 0.353 e. The number of nitrogens with one attached hydrogen (secondary N) is 2. The summed E-state index contributed by atoms with van der Waals surface area (Å²) in [7, 11) is 0. The van der Waals surface area contributed by atoms with Crippen molar-refractivity contribution in [3.63, 3.8) is 0 Å². The first-order valence-electron chi connectivity index (χ1n) is 6.23. The average Bonchev–Trinajstić information content (AvgIpc) is 2.33. The Bertz CT molecular complexity index is 447. The van der Waals surface area contributed by atoms with E-state index in [1.54, 1.807) is 26.0 Å². The van der Waals surface area contributed by atoms with Gasteiger partial charge in [0.15, 0.2) is 0 Å². The molecule has 0 unspecified atom stereocenters. The lowest BCUT2D eigenvalue weighted by atomic mass is 10.1. The fourth-order valence-electron chi connectivity index (χ4n) is 1.39. The van der Waals surface area contributed by atoms with Crippen molar-refractivity contribution in [1.82, 2.24) is 10.6 Å². The van der Waals surface area contributed by atoms with Crippen LogP contribution in [0.5, 0.6) is 0 Å². The molecule has 0 atom stereocenters. The van der Waals surface area contributed by atoms with Gasteiger partial charge < -0.3 is 16.4 Å². The summed E-state index contributed by atoms with van der Waals surface area (Å²) in [5.74, 6) is -0.390. The third-order valence-corrected chi connectivity index (χ3v) is 2.60. The van der Waals surface area contributed by atoms with Crippen LogP contribution in [-0.4, -0.2) is 30.4 Å². The van der Waals surface area contributed by atoms with Gasteiger partial charge in [0.2, 0.25) is 5.91 Å². The number of nitrogens with two attached hydrogens (primary N) is 1. The molecule has 0 saturated carbocycles. The molecular formula is C14H21N3O2. The molecule has 5 nitrogen and oxygen atoms in total. The maximum absolute atomic E-state index is 11.7. The van der Waals surface area contributed by atoms with Crippen molar-refractivity contribution in [1.29, 1.82) is 0 Å². The van der Waals surface area contributed by atoms with Gasteiger partial charge in [-0.2, -0.15) is 0 Å². The number of carbonyl (C=O) groups excluding carboxylic acids is 2. The first-order chi connectivity index (χ1) is 8.80. The Labute approximate surface area is 113 Å². The van der Waals surface area contributed by atoms with Crippen LogP contribution >= 0.6 is 0 Å². The number of rotatable bonds is 5. The van der Waals surface area contributed by atoms with E-state index in [1.165, 1.54) is 0 Å². The SMILES string of the molecule is Cc1ccc(C(=O)NCCNC(=O)C(C)(C)N)cc1. The fraction of sp³-hybridized carbons (Fsp3) is 0.429. The zero-order valence-electron chi connectivity index (χ0n) is 11.6. The van der Waals surface area contributed by atoms with E-state index in [4.69, 9.17) is 5.73 Å². The molecule has 1 aromatic carbocycles. The van der Waals surface area contributed by atoms with Gasteiger partial charge in [-0.3, -0.25) is 9.59 Å². The highest BCUT2D eigenvalue weighted by atomic mass is 16.2. The third-order valence-electron chi connectivity index (χ3n) is 2.60. The molecule has 2 amide bonds. The number of benzene rings is 1. The predicted octanol–water partition coefficient (Wildman–Crippen LogP) is 0.578. The summed E-state index contributed by atoms with van der Waals surface area (Å²) in [4.78, 5) is 23.2. The molecule has 0 spiro atoms. The lowest BCUT2D eigenvalue weighted by molar-refractivity contribution is -0.125. The molecule has 5 heteroatoms. The number of aryl methyl sites for hydroxylation is 1. The Balaban J connectivity index is 2.32. The van der Waals surface area contributed by atoms with Crippen molar-refractivity contribution >= 4 is 11.8 Å². The summed E-state index contributed by atoms with van der Waals surface area (Å²) in [5.41, 5.74) is 6.44. The van der Waals surface area contributed by atoms with Crippen LogP contribution in [0.25, 0.3) is 0 Å². The number of hydrogen-bond donors (Lipinski definition) is 3. The van der Waals surface area contributed by atoms with Crippen LogP contribution < -0.4 is 16.4 Å². The standard InChI is InChI=1S/C14H21N3O2/c1-10-4-6-11(7-5-10)12(18)16-8-9-17-13(19)14(2,3)15/h4-7H,8-9,15H2,1-3H3,(H,16,18)(H,17,19). The van der Waals surface area contributed by atoms with Crippen LogP contribution in [0.2, 0.25) is 0 Å². The van der Waals surface area contributed by atoms with Gasteiger partial charge >= 0.3 is 0 Å². The summed E-state index contributed by atoms with van der Waals surface area (Å²) < 4.78 is 0. The molecule has 0 radical (unpaired) electrons. The van der Waals surface area contributed by atoms with E-state index in [9.17, 15) is 9.59 Å². The minimum Gasteiger partial charge on any atom is -0.353 e. The first kappa shape index (κ1) is 15.2. The van der Waals surface area contributed by atoms with E-state index in [0.717, 1.165) is 5.56 Å². The van der Waals surface area contributed by atoms with E-state index in [1.807, 2.05) is 19.1 Å². The van der Waals surface area contributed by atoms with Crippen molar-refractivity contribution in [3.8, 4) is 0 Å². The Morgan fingerprint density at radius 3 is 2.16 bits per heavy atom. The van der Waals surface area contributed by atoms with Crippen molar-refractivity contribution < 1.29 is 9.59 Å². The average molecular weight is 263 g/mol. The van der Waals surface area contributed by atoms with Crippen LogP contribution in [0.1, 0.15) is 29.8 Å². The quantitative estimate of drug-likeness (QED) is 0.679. The Kier molecular flexibility index (Phi) is 5.06. The molecule has 0 heterocycles. The van der Waals surface area contributed by atoms with Crippen LogP contribution in [0.4, 0.5) is 0 Å². The maximum atomic E-state index is 11.7. The van der Waals surface area contributed by atoms with Crippen LogP contribution in [0.15, 0.2) is 24.3 Å². The van der Waals surface area contributed by atoms with E-state index in [2.05, 4.69) is 10.6 Å². The minimum atomic E-state index is -0.902. The van der Waals surface area contributed by atoms with Crippen molar-refractivity contribution in [3.05, 3.63) is 35.4 Å². The lowest BCUT2D eigenvalue weighted by Crippen LogP contribution is -2.50. The summed E-state index contributed by atoms with van der Waals surface area (Å²) >= 11 is 0. The van der Waals surface area contributed by atoms with Gasteiger partial charge in [-0.1, -0.05) is 17.7 Å². The van der Waals surface area contributed by atoms with Gasteiger partial charge in [-0.25, -0.2) is 0 Å². The van der Waals surface area contributed by atoms with Gasteiger partial charge in [0, 0.05) is 18.7 Å². The summed E-state index contributed by atoms with van der Waals surface area (Å²) in [6.07, 6.45) is 0. The molecule has 0 bridgehead atoms. The van der Waals surface area contributed by atoms with Crippen LogP contribution in [0, 0.1) is 6.92 Å². The minimum absolute atomic E-state index is 0.152.